The molecule has 5 nitrogen and oxygen atoms in total. The number of thioether (sulfide) groups is 1. The minimum atomic E-state index is -0.435. The van der Waals surface area contributed by atoms with Crippen LogP contribution >= 0.6 is 11.8 Å². The van der Waals surface area contributed by atoms with Gasteiger partial charge in [-0.05, 0) is 18.6 Å². The Labute approximate surface area is 111 Å². The van der Waals surface area contributed by atoms with E-state index in [1.807, 2.05) is 25.1 Å². The quantitative estimate of drug-likeness (QED) is 0.609. The van der Waals surface area contributed by atoms with Gasteiger partial charge in [0.05, 0.1) is 10.8 Å². The largest absolute Gasteiger partial charge is 0.338 e. The second-order valence-corrected chi connectivity index (χ2v) is 4.61. The number of pyridine rings is 1. The third kappa shape index (κ3) is 6.24. The van der Waals surface area contributed by atoms with Crippen LogP contribution in [0.2, 0.25) is 0 Å². The minimum Gasteiger partial charge on any atom is -0.338 e. The van der Waals surface area contributed by atoms with E-state index in [-0.39, 0.29) is 11.7 Å². The summed E-state index contributed by atoms with van der Waals surface area (Å²) < 4.78 is 0. The molecular weight excluding hydrogens is 250 g/mol. The van der Waals surface area contributed by atoms with E-state index in [9.17, 15) is 9.59 Å². The number of nitrogens with one attached hydrogen (secondary N) is 2. The highest BCUT2D eigenvalue weighted by atomic mass is 32.2. The molecule has 1 aromatic rings. The molecule has 0 aliphatic carbocycles. The van der Waals surface area contributed by atoms with Crippen molar-refractivity contribution < 1.29 is 9.59 Å². The van der Waals surface area contributed by atoms with Crippen LogP contribution in [0.4, 0.5) is 4.79 Å². The Kier molecular flexibility index (Phi) is 6.86. The first-order valence-electron chi connectivity index (χ1n) is 5.84. The van der Waals surface area contributed by atoms with Crippen molar-refractivity contribution in [3.63, 3.8) is 0 Å². The van der Waals surface area contributed by atoms with Gasteiger partial charge in [-0.25, -0.2) is 9.78 Å². The highest BCUT2D eigenvalue weighted by Crippen LogP contribution is 2.12. The predicted octanol–water partition coefficient (Wildman–Crippen LogP) is 1.80. The number of carbonyl (C=O) groups excluding carboxylic acids is 2. The lowest BCUT2D eigenvalue weighted by Gasteiger charge is -2.05. The van der Waals surface area contributed by atoms with Crippen molar-refractivity contribution in [2.75, 3.05) is 12.3 Å². The topological polar surface area (TPSA) is 71.1 Å². The van der Waals surface area contributed by atoms with E-state index in [4.69, 9.17) is 0 Å². The summed E-state index contributed by atoms with van der Waals surface area (Å²) in [5.74, 6) is -0.141. The molecule has 0 radical (unpaired) electrons. The molecule has 0 saturated carbocycles. The maximum absolute atomic E-state index is 11.4. The number of aromatic nitrogens is 1. The smallest absolute Gasteiger partial charge is 0.321 e. The Bertz CT molecular complexity index is 384. The average Bonchev–Trinajstić information content (AvgIpc) is 2.38. The lowest BCUT2D eigenvalue weighted by molar-refractivity contribution is -0.117. The van der Waals surface area contributed by atoms with E-state index in [2.05, 4.69) is 15.6 Å². The third-order valence-corrected chi connectivity index (χ3v) is 3.00. The maximum atomic E-state index is 11.4. The van der Waals surface area contributed by atoms with Gasteiger partial charge < -0.3 is 5.32 Å². The Balaban J connectivity index is 2.19. The third-order valence-electron chi connectivity index (χ3n) is 2.06. The molecule has 6 heteroatoms. The van der Waals surface area contributed by atoms with Crippen LogP contribution in [0.25, 0.3) is 0 Å². The summed E-state index contributed by atoms with van der Waals surface area (Å²) in [6.45, 7) is 2.62. The van der Waals surface area contributed by atoms with Gasteiger partial charge in [0, 0.05) is 12.7 Å². The maximum Gasteiger partial charge on any atom is 0.321 e. The van der Waals surface area contributed by atoms with Gasteiger partial charge in [0.25, 0.3) is 0 Å². The van der Waals surface area contributed by atoms with E-state index in [0.29, 0.717) is 6.54 Å². The fraction of sp³-hybridized carbons (Fsp3) is 0.417. The van der Waals surface area contributed by atoms with Gasteiger partial charge in [0.1, 0.15) is 0 Å². The van der Waals surface area contributed by atoms with Crippen molar-refractivity contribution in [3.8, 4) is 0 Å². The van der Waals surface area contributed by atoms with Crippen LogP contribution in [0.5, 0.6) is 0 Å². The Morgan fingerprint density at radius 2 is 2.22 bits per heavy atom. The van der Waals surface area contributed by atoms with Crippen LogP contribution in [0.15, 0.2) is 29.4 Å². The summed E-state index contributed by atoms with van der Waals surface area (Å²) in [4.78, 5) is 26.8. The van der Waals surface area contributed by atoms with Crippen LogP contribution < -0.4 is 10.6 Å². The first kappa shape index (κ1) is 14.5. The normalized spacial score (nSPS) is 9.83. The molecule has 0 aliphatic heterocycles. The molecule has 0 unspecified atom stereocenters. The summed E-state index contributed by atoms with van der Waals surface area (Å²) in [5, 5.41) is 5.65. The van der Waals surface area contributed by atoms with Crippen LogP contribution in [-0.4, -0.2) is 29.2 Å². The summed E-state index contributed by atoms with van der Waals surface area (Å²) >= 11 is 1.30. The number of rotatable bonds is 6. The van der Waals surface area contributed by atoms with Crippen LogP contribution in [0, 0.1) is 0 Å². The van der Waals surface area contributed by atoms with E-state index < -0.39 is 6.03 Å². The molecule has 0 spiro atoms. The number of urea groups is 1. The number of unbranched alkanes of at least 4 members (excludes halogenated alkanes) is 1. The van der Waals surface area contributed by atoms with Crippen molar-refractivity contribution in [1.29, 1.82) is 0 Å². The zero-order chi connectivity index (χ0) is 13.2. The number of carbonyl (C=O) groups is 2. The van der Waals surface area contributed by atoms with E-state index in [1.165, 1.54) is 11.8 Å². The van der Waals surface area contributed by atoms with Crippen LogP contribution in [-0.2, 0) is 4.79 Å². The zero-order valence-electron chi connectivity index (χ0n) is 10.3. The monoisotopic (exact) mass is 267 g/mol. The van der Waals surface area contributed by atoms with Gasteiger partial charge >= 0.3 is 6.03 Å². The van der Waals surface area contributed by atoms with E-state index in [1.54, 1.807) is 6.20 Å². The van der Waals surface area contributed by atoms with Gasteiger partial charge in [0.2, 0.25) is 5.91 Å². The molecule has 0 aliphatic rings. The number of hydrogen-bond acceptors (Lipinski definition) is 4. The molecule has 0 aromatic carbocycles. The van der Waals surface area contributed by atoms with E-state index >= 15 is 0 Å². The van der Waals surface area contributed by atoms with Gasteiger partial charge in [0.15, 0.2) is 0 Å². The molecule has 0 saturated heterocycles. The van der Waals surface area contributed by atoms with Crippen LogP contribution in [0.1, 0.15) is 19.8 Å². The minimum absolute atomic E-state index is 0.179. The Morgan fingerprint density at radius 1 is 1.39 bits per heavy atom. The number of imide groups is 1. The summed E-state index contributed by atoms with van der Waals surface area (Å²) in [5.41, 5.74) is 0. The number of hydrogen-bond donors (Lipinski definition) is 2. The SMILES string of the molecule is CCCCNC(=O)NC(=O)CSc1ccccn1. The van der Waals surface area contributed by atoms with Gasteiger partial charge in [-0.2, -0.15) is 0 Å². The summed E-state index contributed by atoms with van der Waals surface area (Å²) in [6.07, 6.45) is 3.58. The fourth-order valence-corrected chi connectivity index (χ4v) is 1.82. The standard InChI is InChI=1S/C12H17N3O2S/c1-2-3-7-14-12(17)15-10(16)9-18-11-6-4-5-8-13-11/h4-6,8H,2-3,7,9H2,1H3,(H2,14,15,16,17). The lowest BCUT2D eigenvalue weighted by Crippen LogP contribution is -2.40. The van der Waals surface area contributed by atoms with Gasteiger partial charge in [-0.15, -0.1) is 0 Å². The number of nitrogens with zero attached hydrogens (tertiary/aromatic N) is 1. The summed E-state index contributed by atoms with van der Waals surface area (Å²) in [7, 11) is 0. The molecule has 3 amide bonds. The highest BCUT2D eigenvalue weighted by molar-refractivity contribution is 7.99. The molecule has 2 N–H and O–H groups in total. The second kappa shape index (κ2) is 8.52. The van der Waals surface area contributed by atoms with Crippen LogP contribution in [0.3, 0.4) is 0 Å². The molecular formula is C12H17N3O2S. The van der Waals surface area contributed by atoms with Gasteiger partial charge in [-0.1, -0.05) is 31.2 Å². The van der Waals surface area contributed by atoms with Crippen molar-refractivity contribution in [3.05, 3.63) is 24.4 Å². The second-order valence-electron chi connectivity index (χ2n) is 3.61. The molecule has 0 atom stereocenters. The lowest BCUT2D eigenvalue weighted by atomic mass is 10.3. The first-order valence-corrected chi connectivity index (χ1v) is 6.82. The molecule has 0 fully saturated rings. The van der Waals surface area contributed by atoms with Crippen molar-refractivity contribution in [1.82, 2.24) is 15.6 Å². The molecule has 1 aromatic heterocycles. The Morgan fingerprint density at radius 3 is 2.89 bits per heavy atom. The molecule has 1 heterocycles. The van der Waals surface area contributed by atoms with Crippen molar-refractivity contribution in [2.45, 2.75) is 24.8 Å². The fourth-order valence-electron chi connectivity index (χ4n) is 1.16. The number of amides is 3. The Hall–Kier alpha value is -1.56. The zero-order valence-corrected chi connectivity index (χ0v) is 11.1. The molecule has 1 rings (SSSR count). The first-order chi connectivity index (χ1) is 8.72. The predicted molar refractivity (Wildman–Crippen MR) is 71.4 cm³/mol. The highest BCUT2D eigenvalue weighted by Gasteiger charge is 2.07. The molecule has 98 valence electrons. The molecule has 18 heavy (non-hydrogen) atoms. The van der Waals surface area contributed by atoms with Gasteiger partial charge in [-0.3, -0.25) is 10.1 Å². The summed E-state index contributed by atoms with van der Waals surface area (Å²) in [6, 6.07) is 5.05. The molecule has 0 bridgehead atoms. The van der Waals surface area contributed by atoms with Crippen molar-refractivity contribution >= 4 is 23.7 Å². The average molecular weight is 267 g/mol. The van der Waals surface area contributed by atoms with Crippen molar-refractivity contribution in [2.24, 2.45) is 0 Å². The van der Waals surface area contributed by atoms with E-state index in [0.717, 1.165) is 17.9 Å².